The van der Waals surface area contributed by atoms with E-state index in [2.05, 4.69) is 26.1 Å². The number of halogens is 1. The molecular weight excluding hydrogens is 350 g/mol. The molecule has 1 saturated carbocycles. The molecule has 3 atom stereocenters. The molecule has 1 aromatic rings. The van der Waals surface area contributed by atoms with Crippen LogP contribution in [0.3, 0.4) is 0 Å². The number of hydrogen-bond donors (Lipinski definition) is 1. The summed E-state index contributed by atoms with van der Waals surface area (Å²) in [7, 11) is 1.43. The van der Waals surface area contributed by atoms with Crippen LogP contribution in [-0.2, 0) is 19.7 Å². The second-order valence-electron chi connectivity index (χ2n) is 8.56. The highest BCUT2D eigenvalue weighted by Gasteiger charge is 2.56. The van der Waals surface area contributed by atoms with Crippen molar-refractivity contribution in [1.82, 2.24) is 0 Å². The Balaban J connectivity index is 2.21. The van der Waals surface area contributed by atoms with Gasteiger partial charge in [0.2, 0.25) is 5.91 Å². The summed E-state index contributed by atoms with van der Waals surface area (Å²) in [5.74, 6) is -0.134. The van der Waals surface area contributed by atoms with Gasteiger partial charge in [0, 0.05) is 17.1 Å². The number of rotatable bonds is 2. The van der Waals surface area contributed by atoms with Crippen molar-refractivity contribution < 1.29 is 14.3 Å². The maximum absolute atomic E-state index is 12.7. The molecule has 3 unspecified atom stereocenters. The molecule has 1 fully saturated rings. The van der Waals surface area contributed by atoms with Gasteiger partial charge in [0.05, 0.1) is 12.5 Å². The number of hydrogen-bond acceptors (Lipinski definition) is 3. The third-order valence-corrected chi connectivity index (χ3v) is 6.95. The van der Waals surface area contributed by atoms with Crippen LogP contribution in [0.25, 0.3) is 0 Å². The second-order valence-corrected chi connectivity index (χ2v) is 8.97. The lowest BCUT2D eigenvalue weighted by Gasteiger charge is -2.50. The monoisotopic (exact) mass is 377 g/mol. The summed E-state index contributed by atoms with van der Waals surface area (Å²) < 4.78 is 5.13. The normalized spacial score (nSPS) is 30.9. The zero-order valence-corrected chi connectivity index (χ0v) is 17.0. The number of anilines is 1. The van der Waals surface area contributed by atoms with Gasteiger partial charge in [-0.3, -0.25) is 9.59 Å². The third-order valence-electron chi connectivity index (χ3n) is 6.62. The topological polar surface area (TPSA) is 55.4 Å². The molecule has 1 aliphatic heterocycles. The number of amides is 1. The van der Waals surface area contributed by atoms with E-state index in [1.807, 2.05) is 19.1 Å². The van der Waals surface area contributed by atoms with Crippen molar-refractivity contribution in [2.24, 2.45) is 11.3 Å². The van der Waals surface area contributed by atoms with E-state index in [4.69, 9.17) is 16.3 Å². The third kappa shape index (κ3) is 2.83. The van der Waals surface area contributed by atoms with E-state index in [0.717, 1.165) is 41.1 Å². The first kappa shape index (κ1) is 19.2. The van der Waals surface area contributed by atoms with Crippen LogP contribution in [0.2, 0.25) is 5.02 Å². The first-order chi connectivity index (χ1) is 12.1. The molecule has 1 aromatic carbocycles. The Kier molecular flexibility index (Phi) is 4.85. The Morgan fingerprint density at radius 3 is 2.62 bits per heavy atom. The molecule has 26 heavy (non-hydrogen) atoms. The van der Waals surface area contributed by atoms with E-state index in [0.29, 0.717) is 6.42 Å². The van der Waals surface area contributed by atoms with Crippen molar-refractivity contribution in [2.45, 2.75) is 64.7 Å². The van der Waals surface area contributed by atoms with Crippen molar-refractivity contribution >= 4 is 29.2 Å². The minimum atomic E-state index is -0.677. The summed E-state index contributed by atoms with van der Waals surface area (Å²) >= 11 is 6.60. The van der Waals surface area contributed by atoms with E-state index in [-0.39, 0.29) is 29.1 Å². The van der Waals surface area contributed by atoms with Crippen molar-refractivity contribution in [3.8, 4) is 0 Å². The predicted molar refractivity (Wildman–Crippen MR) is 104 cm³/mol. The Bertz CT molecular complexity index is 760. The van der Waals surface area contributed by atoms with Crippen LogP contribution in [0, 0.1) is 11.3 Å². The summed E-state index contributed by atoms with van der Waals surface area (Å²) in [6.07, 6.45) is 2.88. The van der Waals surface area contributed by atoms with Gasteiger partial charge in [-0.05, 0) is 60.3 Å². The highest BCUT2D eigenvalue weighted by Crippen LogP contribution is 2.57. The lowest BCUT2D eigenvalue weighted by atomic mass is 9.53. The van der Waals surface area contributed by atoms with Crippen LogP contribution in [-0.4, -0.2) is 19.0 Å². The molecule has 3 rings (SSSR count). The molecule has 0 spiro atoms. The molecule has 2 aliphatic rings. The van der Waals surface area contributed by atoms with Crippen LogP contribution in [0.5, 0.6) is 0 Å². The molecular formula is C21H28ClNO3. The molecule has 4 nitrogen and oxygen atoms in total. The summed E-state index contributed by atoms with van der Waals surface area (Å²) in [6, 6.07) is 4.02. The number of ether oxygens (including phenoxy) is 1. The fourth-order valence-electron chi connectivity index (χ4n) is 5.12. The van der Waals surface area contributed by atoms with E-state index in [9.17, 15) is 9.59 Å². The summed E-state index contributed by atoms with van der Waals surface area (Å²) in [5, 5.41) is 3.79. The average molecular weight is 378 g/mol. The first-order valence-corrected chi connectivity index (χ1v) is 9.73. The molecule has 142 valence electrons. The van der Waals surface area contributed by atoms with Gasteiger partial charge < -0.3 is 10.1 Å². The van der Waals surface area contributed by atoms with Crippen LogP contribution >= 0.6 is 11.6 Å². The maximum Gasteiger partial charge on any atom is 0.311 e. The van der Waals surface area contributed by atoms with E-state index < -0.39 is 5.41 Å². The molecule has 1 heterocycles. The van der Waals surface area contributed by atoms with Crippen molar-refractivity contribution in [3.05, 3.63) is 28.3 Å². The SMILES string of the molecule is COC(=O)C1(C)CCCC2(C)c3cc(Cl)c(C(C)C)cc3NC(=O)CC12. The standard InChI is InChI=1S/C21H28ClNO3/c1-12(2)13-9-16-14(10-15(13)22)20(3)7-6-8-21(4,19(25)26-5)17(20)11-18(24)23-16/h9-10,12,17H,6-8,11H2,1-5H3,(H,23,24). The summed E-state index contributed by atoms with van der Waals surface area (Å²) in [4.78, 5) is 25.4. The van der Waals surface area contributed by atoms with Crippen LogP contribution < -0.4 is 5.32 Å². The number of carbonyl (C=O) groups excluding carboxylic acids is 2. The van der Waals surface area contributed by atoms with Crippen molar-refractivity contribution in [1.29, 1.82) is 0 Å². The van der Waals surface area contributed by atoms with Crippen molar-refractivity contribution in [3.63, 3.8) is 0 Å². The minimum Gasteiger partial charge on any atom is -0.469 e. The Morgan fingerprint density at radius 2 is 2.00 bits per heavy atom. The number of nitrogens with one attached hydrogen (secondary N) is 1. The van der Waals surface area contributed by atoms with Gasteiger partial charge >= 0.3 is 5.97 Å². The van der Waals surface area contributed by atoms with Gasteiger partial charge in [-0.2, -0.15) is 0 Å². The number of esters is 1. The van der Waals surface area contributed by atoms with E-state index >= 15 is 0 Å². The van der Waals surface area contributed by atoms with Gasteiger partial charge in [-0.15, -0.1) is 0 Å². The molecule has 0 saturated heterocycles. The largest absolute Gasteiger partial charge is 0.469 e. The number of fused-ring (bicyclic) bond motifs is 3. The Labute approximate surface area is 160 Å². The lowest BCUT2D eigenvalue weighted by molar-refractivity contribution is -0.161. The summed E-state index contributed by atoms with van der Waals surface area (Å²) in [5.41, 5.74) is 1.91. The summed E-state index contributed by atoms with van der Waals surface area (Å²) in [6.45, 7) is 8.29. The molecule has 0 bridgehead atoms. The molecule has 1 N–H and O–H groups in total. The fraction of sp³-hybridized carbons (Fsp3) is 0.619. The molecule has 0 radical (unpaired) electrons. The van der Waals surface area contributed by atoms with E-state index in [1.165, 1.54) is 7.11 Å². The molecule has 1 amide bonds. The lowest BCUT2D eigenvalue weighted by Crippen LogP contribution is -2.50. The van der Waals surface area contributed by atoms with Gasteiger partial charge in [-0.1, -0.05) is 38.8 Å². The van der Waals surface area contributed by atoms with E-state index in [1.54, 1.807) is 0 Å². The molecule has 1 aliphatic carbocycles. The van der Waals surface area contributed by atoms with Crippen molar-refractivity contribution in [2.75, 3.05) is 12.4 Å². The first-order valence-electron chi connectivity index (χ1n) is 9.35. The highest BCUT2D eigenvalue weighted by atomic mass is 35.5. The van der Waals surface area contributed by atoms with Crippen LogP contribution in [0.15, 0.2) is 12.1 Å². The predicted octanol–water partition coefficient (Wildman–Crippen LogP) is 5.04. The smallest absolute Gasteiger partial charge is 0.311 e. The van der Waals surface area contributed by atoms with Crippen LogP contribution in [0.1, 0.15) is 70.4 Å². The zero-order chi connectivity index (χ0) is 19.3. The maximum atomic E-state index is 12.7. The molecule has 0 aromatic heterocycles. The van der Waals surface area contributed by atoms with Gasteiger partial charge in [-0.25, -0.2) is 0 Å². The van der Waals surface area contributed by atoms with Gasteiger partial charge in [0.15, 0.2) is 0 Å². The van der Waals surface area contributed by atoms with Crippen LogP contribution in [0.4, 0.5) is 5.69 Å². The number of methoxy groups -OCH3 is 1. The zero-order valence-electron chi connectivity index (χ0n) is 16.2. The number of carbonyl (C=O) groups is 2. The fourth-order valence-corrected chi connectivity index (χ4v) is 5.50. The average Bonchev–Trinajstić information content (AvgIpc) is 2.68. The minimum absolute atomic E-state index is 0.0472. The molecule has 5 heteroatoms. The second kappa shape index (κ2) is 6.56. The Hall–Kier alpha value is -1.55. The van der Waals surface area contributed by atoms with Gasteiger partial charge in [0.25, 0.3) is 0 Å². The quantitative estimate of drug-likeness (QED) is 0.734. The highest BCUT2D eigenvalue weighted by molar-refractivity contribution is 6.31. The Morgan fingerprint density at radius 1 is 1.31 bits per heavy atom. The number of benzene rings is 1. The van der Waals surface area contributed by atoms with Gasteiger partial charge in [0.1, 0.15) is 0 Å².